The molecule has 0 atom stereocenters. The molecule has 0 fully saturated rings. The fourth-order valence-electron chi connectivity index (χ4n) is 5.79. The summed E-state index contributed by atoms with van der Waals surface area (Å²) in [7, 11) is 0. The number of carbonyl (C=O) groups excluding carboxylic acids is 1. The average molecular weight is 582 g/mol. The minimum absolute atomic E-state index is 0.249. The molecule has 0 radical (unpaired) electrons. The predicted molar refractivity (Wildman–Crippen MR) is 158 cm³/mol. The number of nitrogens with one attached hydrogen (secondary N) is 1. The second-order valence-corrected chi connectivity index (χ2v) is 10.9. The maximum absolute atomic E-state index is 15.9. The van der Waals surface area contributed by atoms with Gasteiger partial charge in [-0.2, -0.15) is 5.10 Å². The molecular weight excluding hydrogens is 545 g/mol. The number of aryl methyl sites for hydroxylation is 5. The van der Waals surface area contributed by atoms with Crippen LogP contribution >= 0.6 is 11.6 Å². The monoisotopic (exact) mass is 581 g/mol. The van der Waals surface area contributed by atoms with E-state index in [0.29, 0.717) is 62.4 Å². The quantitative estimate of drug-likeness (QED) is 0.172. The third-order valence-electron chi connectivity index (χ3n) is 7.66. The Morgan fingerprint density at radius 3 is 2.68 bits per heavy atom. The Morgan fingerprint density at radius 1 is 1.17 bits per heavy atom. The number of carbonyl (C=O) groups is 1. The number of aromatic amines is 1. The van der Waals surface area contributed by atoms with Crippen LogP contribution in [-0.4, -0.2) is 40.6 Å². The summed E-state index contributed by atoms with van der Waals surface area (Å²) in [4.78, 5) is 13.5. The van der Waals surface area contributed by atoms with Gasteiger partial charge in [-0.15, -0.1) is 0 Å². The molecule has 5 rings (SSSR count). The van der Waals surface area contributed by atoms with Crippen LogP contribution in [0.2, 0.25) is 5.02 Å². The lowest BCUT2D eigenvalue weighted by Gasteiger charge is -2.14. The lowest BCUT2D eigenvalue weighted by molar-refractivity contribution is 0.0512. The largest absolute Gasteiger partial charge is 0.494 e. The molecule has 0 aliphatic carbocycles. The molecule has 9 heteroatoms. The van der Waals surface area contributed by atoms with Crippen molar-refractivity contribution in [1.29, 1.82) is 0 Å². The van der Waals surface area contributed by atoms with Gasteiger partial charge in [0.2, 0.25) is 0 Å². The van der Waals surface area contributed by atoms with E-state index < -0.39 is 5.97 Å². The number of halogens is 2. The number of aromatic nitrogens is 3. The first-order chi connectivity index (χ1) is 19.8. The van der Waals surface area contributed by atoms with Gasteiger partial charge in [0, 0.05) is 34.7 Å². The van der Waals surface area contributed by atoms with Gasteiger partial charge < -0.3 is 18.8 Å². The molecule has 0 amide bonds. The molecule has 0 unspecified atom stereocenters. The van der Waals surface area contributed by atoms with Crippen molar-refractivity contribution in [3.63, 3.8) is 0 Å². The van der Waals surface area contributed by atoms with Gasteiger partial charge in [-0.3, -0.25) is 5.10 Å². The fourth-order valence-corrected chi connectivity index (χ4v) is 5.90. The molecule has 2 aromatic carbocycles. The van der Waals surface area contributed by atoms with Crippen LogP contribution in [0.1, 0.15) is 71.7 Å². The van der Waals surface area contributed by atoms with Crippen LogP contribution < -0.4 is 4.74 Å². The van der Waals surface area contributed by atoms with Gasteiger partial charge in [-0.1, -0.05) is 18.5 Å². The molecule has 41 heavy (non-hydrogen) atoms. The van der Waals surface area contributed by atoms with Gasteiger partial charge in [-0.05, 0) is 93.8 Å². The standard InChI is InChI=1S/C32H37ClFN3O4/c1-5-25-28-26(36-35-25)18-39-14-8-7-13-37-30-23(11-12-24(34)27(28)30)22(31(37)32(38)40-6-2)10-9-15-41-21-16-19(3)29(33)20(4)17-21/h11-12,16-17H,5-10,13-15,18H2,1-4H3,(H,35,36). The summed E-state index contributed by atoms with van der Waals surface area (Å²) < 4.78 is 35.4. The average Bonchev–Trinajstić information content (AvgIpc) is 3.49. The minimum Gasteiger partial charge on any atom is -0.494 e. The molecular formula is C32H37ClFN3O4. The zero-order chi connectivity index (χ0) is 29.1. The van der Waals surface area contributed by atoms with E-state index >= 15 is 4.39 Å². The van der Waals surface area contributed by atoms with Crippen molar-refractivity contribution in [2.45, 2.75) is 73.0 Å². The molecule has 218 valence electrons. The molecule has 3 heterocycles. The Kier molecular flexibility index (Phi) is 9.00. The zero-order valence-corrected chi connectivity index (χ0v) is 24.9. The van der Waals surface area contributed by atoms with Crippen molar-refractivity contribution in [2.75, 3.05) is 19.8 Å². The molecule has 0 saturated carbocycles. The number of benzene rings is 2. The zero-order valence-electron chi connectivity index (χ0n) is 24.2. The molecule has 7 nitrogen and oxygen atoms in total. The third-order valence-corrected chi connectivity index (χ3v) is 8.26. The van der Waals surface area contributed by atoms with Crippen molar-refractivity contribution in [3.05, 3.63) is 68.9 Å². The van der Waals surface area contributed by atoms with Gasteiger partial charge in [0.25, 0.3) is 0 Å². The van der Waals surface area contributed by atoms with Crippen LogP contribution in [0, 0.1) is 19.7 Å². The van der Waals surface area contributed by atoms with Gasteiger partial charge in [0.1, 0.15) is 17.3 Å². The number of nitrogens with zero attached hydrogens (tertiary/aromatic N) is 2. The lowest BCUT2D eigenvalue weighted by atomic mass is 9.97. The molecule has 0 spiro atoms. The van der Waals surface area contributed by atoms with E-state index in [2.05, 4.69) is 10.2 Å². The lowest BCUT2D eigenvalue weighted by Crippen LogP contribution is -2.15. The molecule has 2 aromatic heterocycles. The van der Waals surface area contributed by atoms with E-state index in [9.17, 15) is 4.79 Å². The highest BCUT2D eigenvalue weighted by molar-refractivity contribution is 6.32. The highest BCUT2D eigenvalue weighted by Crippen LogP contribution is 2.40. The first-order valence-corrected chi connectivity index (χ1v) is 14.8. The summed E-state index contributed by atoms with van der Waals surface area (Å²) in [5, 5.41) is 9.15. The number of rotatable bonds is 8. The first-order valence-electron chi connectivity index (χ1n) is 14.4. The summed E-state index contributed by atoms with van der Waals surface area (Å²) in [6.45, 7) is 9.83. The van der Waals surface area contributed by atoms with Crippen LogP contribution in [-0.2, 0) is 35.5 Å². The number of hydrogen-bond acceptors (Lipinski definition) is 5. The molecule has 1 aliphatic heterocycles. The summed E-state index contributed by atoms with van der Waals surface area (Å²) >= 11 is 6.32. The Morgan fingerprint density at radius 2 is 1.95 bits per heavy atom. The smallest absolute Gasteiger partial charge is 0.355 e. The highest BCUT2D eigenvalue weighted by Gasteiger charge is 2.29. The maximum atomic E-state index is 15.9. The Labute approximate surface area is 244 Å². The Bertz CT molecular complexity index is 1550. The van der Waals surface area contributed by atoms with E-state index in [1.54, 1.807) is 13.0 Å². The van der Waals surface area contributed by atoms with E-state index in [-0.39, 0.29) is 12.4 Å². The first kappa shape index (κ1) is 29.1. The van der Waals surface area contributed by atoms with Gasteiger partial charge in [0.15, 0.2) is 0 Å². The summed E-state index contributed by atoms with van der Waals surface area (Å²) in [5.41, 5.74) is 6.64. The molecule has 0 bridgehead atoms. The number of esters is 1. The minimum atomic E-state index is -0.399. The highest BCUT2D eigenvalue weighted by atomic mass is 35.5. The summed E-state index contributed by atoms with van der Waals surface area (Å²) in [6.07, 6.45) is 3.43. The fraction of sp³-hybridized carbons (Fsp3) is 0.438. The normalized spacial score (nSPS) is 13.6. The number of ether oxygens (including phenoxy) is 3. The van der Waals surface area contributed by atoms with Crippen molar-refractivity contribution >= 4 is 28.5 Å². The molecule has 1 N–H and O–H groups in total. The van der Waals surface area contributed by atoms with Crippen molar-refractivity contribution in [3.8, 4) is 16.9 Å². The maximum Gasteiger partial charge on any atom is 0.355 e. The number of hydrogen-bond donors (Lipinski definition) is 1. The van der Waals surface area contributed by atoms with E-state index in [4.69, 9.17) is 25.8 Å². The predicted octanol–water partition coefficient (Wildman–Crippen LogP) is 7.50. The van der Waals surface area contributed by atoms with Crippen LogP contribution in [0.25, 0.3) is 22.0 Å². The van der Waals surface area contributed by atoms with Gasteiger partial charge in [-0.25, -0.2) is 9.18 Å². The molecule has 1 aliphatic rings. The van der Waals surface area contributed by atoms with Crippen LogP contribution in [0.5, 0.6) is 5.75 Å². The van der Waals surface area contributed by atoms with Crippen LogP contribution in [0.15, 0.2) is 24.3 Å². The van der Waals surface area contributed by atoms with Crippen molar-refractivity contribution in [1.82, 2.24) is 14.8 Å². The Hall–Kier alpha value is -3.36. The van der Waals surface area contributed by atoms with E-state index in [1.807, 2.05) is 37.5 Å². The Balaban J connectivity index is 1.61. The second kappa shape index (κ2) is 12.7. The molecule has 0 saturated heterocycles. The second-order valence-electron chi connectivity index (χ2n) is 10.5. The van der Waals surface area contributed by atoms with Gasteiger partial charge in [0.05, 0.1) is 36.7 Å². The summed E-state index contributed by atoms with van der Waals surface area (Å²) in [6, 6.07) is 7.15. The SMILES string of the molecule is CCOC(=O)c1c(CCCOc2cc(C)c(Cl)c(C)c2)c2ccc(F)c3c2n1CCCCOCc1[nH]nc(CC)c1-3. The van der Waals surface area contributed by atoms with Gasteiger partial charge >= 0.3 is 5.97 Å². The van der Waals surface area contributed by atoms with E-state index in [0.717, 1.165) is 62.6 Å². The van der Waals surface area contributed by atoms with E-state index in [1.165, 1.54) is 6.07 Å². The molecule has 4 aromatic rings. The summed E-state index contributed by atoms with van der Waals surface area (Å²) in [5.74, 6) is 0.00820. The third kappa shape index (κ3) is 5.72. The van der Waals surface area contributed by atoms with Crippen molar-refractivity contribution in [2.24, 2.45) is 0 Å². The van der Waals surface area contributed by atoms with Crippen LogP contribution in [0.4, 0.5) is 4.39 Å². The van der Waals surface area contributed by atoms with Crippen LogP contribution in [0.3, 0.4) is 0 Å². The number of fused-ring (bicyclic) bond motifs is 2. The topological polar surface area (TPSA) is 78.4 Å². The number of H-pyrrole nitrogens is 1. The van der Waals surface area contributed by atoms with Crippen molar-refractivity contribution < 1.29 is 23.4 Å².